The summed E-state index contributed by atoms with van der Waals surface area (Å²) in [5.74, 6) is 0.157. The minimum atomic E-state index is -3.33. The summed E-state index contributed by atoms with van der Waals surface area (Å²) in [4.78, 5) is 12.0. The topological polar surface area (TPSA) is 69.7 Å². The predicted octanol–water partition coefficient (Wildman–Crippen LogP) is 1.59. The van der Waals surface area contributed by atoms with Gasteiger partial charge in [-0.1, -0.05) is 11.6 Å². The predicted molar refractivity (Wildman–Crippen MR) is 90.7 cm³/mol. The third-order valence-corrected chi connectivity index (χ3v) is 6.21. The van der Waals surface area contributed by atoms with Gasteiger partial charge in [0, 0.05) is 44.3 Å². The summed E-state index contributed by atoms with van der Waals surface area (Å²) in [5.41, 5.74) is 0.571. The second-order valence-corrected chi connectivity index (χ2v) is 8.43. The lowest BCUT2D eigenvalue weighted by molar-refractivity contribution is 0.0941. The van der Waals surface area contributed by atoms with Crippen molar-refractivity contribution in [3.05, 3.63) is 34.9 Å². The van der Waals surface area contributed by atoms with Crippen LogP contribution in [0.3, 0.4) is 0 Å². The van der Waals surface area contributed by atoms with Crippen molar-refractivity contribution in [2.75, 3.05) is 33.7 Å². The first kappa shape index (κ1) is 18.2. The molecule has 6 nitrogen and oxygen atoms in total. The van der Waals surface area contributed by atoms with Gasteiger partial charge in [-0.15, -0.1) is 0 Å². The number of halogens is 1. The van der Waals surface area contributed by atoms with Crippen molar-refractivity contribution in [3.63, 3.8) is 0 Å². The molecule has 0 aliphatic carbocycles. The van der Waals surface area contributed by atoms with Gasteiger partial charge >= 0.3 is 0 Å². The van der Waals surface area contributed by atoms with Crippen molar-refractivity contribution in [2.45, 2.75) is 12.8 Å². The summed E-state index contributed by atoms with van der Waals surface area (Å²) in [6, 6.07) is 6.73. The molecule has 2 rings (SSSR count). The Kier molecular flexibility index (Phi) is 6.02. The molecule has 0 saturated carbocycles. The fraction of sp³-hybridized carbons (Fsp3) is 0.533. The summed E-state index contributed by atoms with van der Waals surface area (Å²) >= 11 is 5.80. The maximum absolute atomic E-state index is 12.0. The minimum Gasteiger partial charge on any atom is -0.352 e. The zero-order chi connectivity index (χ0) is 17.0. The van der Waals surface area contributed by atoms with E-state index in [1.54, 1.807) is 24.3 Å². The number of nitrogens with one attached hydrogen (secondary N) is 1. The monoisotopic (exact) mass is 359 g/mol. The molecule has 1 heterocycles. The molecule has 1 aromatic carbocycles. The van der Waals surface area contributed by atoms with Crippen LogP contribution in [0.5, 0.6) is 0 Å². The molecule has 1 N–H and O–H groups in total. The number of piperidine rings is 1. The number of nitrogens with zero attached hydrogens (tertiary/aromatic N) is 2. The second kappa shape index (κ2) is 7.61. The Balaban J connectivity index is 1.81. The molecule has 0 spiro atoms. The molecule has 0 bridgehead atoms. The van der Waals surface area contributed by atoms with E-state index >= 15 is 0 Å². The van der Waals surface area contributed by atoms with Crippen LogP contribution in [0.4, 0.5) is 0 Å². The van der Waals surface area contributed by atoms with E-state index in [2.05, 4.69) is 5.32 Å². The number of benzene rings is 1. The fourth-order valence-electron chi connectivity index (χ4n) is 2.52. The first-order valence-electron chi connectivity index (χ1n) is 7.52. The van der Waals surface area contributed by atoms with E-state index in [1.807, 2.05) is 0 Å². The van der Waals surface area contributed by atoms with Crippen LogP contribution in [0.15, 0.2) is 24.3 Å². The Hall–Kier alpha value is -1.15. The molecule has 1 aromatic rings. The average Bonchev–Trinajstić information content (AvgIpc) is 2.53. The van der Waals surface area contributed by atoms with Crippen molar-refractivity contribution in [3.8, 4) is 0 Å². The third kappa shape index (κ3) is 4.67. The molecule has 1 fully saturated rings. The highest BCUT2D eigenvalue weighted by Gasteiger charge is 2.29. The summed E-state index contributed by atoms with van der Waals surface area (Å²) < 4.78 is 26.8. The Morgan fingerprint density at radius 3 is 2.35 bits per heavy atom. The Bertz CT molecular complexity index is 638. The van der Waals surface area contributed by atoms with E-state index in [4.69, 9.17) is 11.6 Å². The fourth-order valence-corrected chi connectivity index (χ4v) is 3.78. The van der Waals surface area contributed by atoms with Crippen LogP contribution < -0.4 is 5.32 Å². The molecule has 128 valence electrons. The summed E-state index contributed by atoms with van der Waals surface area (Å²) in [7, 11) is -0.264. The van der Waals surface area contributed by atoms with Crippen LogP contribution in [0.1, 0.15) is 23.2 Å². The van der Waals surface area contributed by atoms with Gasteiger partial charge in [0.15, 0.2) is 0 Å². The SMILES string of the molecule is CN(C)S(=O)(=O)N1CCC(CNC(=O)c2ccc(Cl)cc2)CC1. The van der Waals surface area contributed by atoms with Gasteiger partial charge in [-0.2, -0.15) is 17.0 Å². The van der Waals surface area contributed by atoms with Gasteiger partial charge in [-0.3, -0.25) is 4.79 Å². The second-order valence-electron chi connectivity index (χ2n) is 5.85. The number of carbonyl (C=O) groups is 1. The van der Waals surface area contributed by atoms with E-state index < -0.39 is 10.2 Å². The summed E-state index contributed by atoms with van der Waals surface area (Å²) in [6.07, 6.45) is 1.49. The molecule has 1 amide bonds. The van der Waals surface area contributed by atoms with Crippen LogP contribution in [-0.2, 0) is 10.2 Å². The highest BCUT2D eigenvalue weighted by molar-refractivity contribution is 7.86. The van der Waals surface area contributed by atoms with Gasteiger partial charge in [0.25, 0.3) is 16.1 Å². The molecule has 1 saturated heterocycles. The van der Waals surface area contributed by atoms with Gasteiger partial charge < -0.3 is 5.32 Å². The molecular formula is C15H22ClN3O3S. The van der Waals surface area contributed by atoms with Gasteiger partial charge in [0.05, 0.1) is 0 Å². The van der Waals surface area contributed by atoms with E-state index in [1.165, 1.54) is 22.7 Å². The summed E-state index contributed by atoms with van der Waals surface area (Å²) in [5, 5.41) is 3.50. The number of amides is 1. The lowest BCUT2D eigenvalue weighted by atomic mass is 9.98. The maximum atomic E-state index is 12.0. The van der Waals surface area contributed by atoms with Crippen molar-refractivity contribution in [1.29, 1.82) is 0 Å². The van der Waals surface area contributed by atoms with Crippen molar-refractivity contribution in [2.24, 2.45) is 5.92 Å². The highest BCUT2D eigenvalue weighted by atomic mass is 35.5. The van der Waals surface area contributed by atoms with Crippen LogP contribution in [0.25, 0.3) is 0 Å². The van der Waals surface area contributed by atoms with Crippen LogP contribution in [0.2, 0.25) is 5.02 Å². The van der Waals surface area contributed by atoms with Crippen molar-refractivity contribution in [1.82, 2.24) is 13.9 Å². The van der Waals surface area contributed by atoms with Crippen LogP contribution in [-0.4, -0.2) is 56.7 Å². The molecule has 8 heteroatoms. The summed E-state index contributed by atoms with van der Waals surface area (Å²) in [6.45, 7) is 1.53. The molecule has 0 aromatic heterocycles. The number of hydrogen-bond donors (Lipinski definition) is 1. The number of hydrogen-bond acceptors (Lipinski definition) is 3. The quantitative estimate of drug-likeness (QED) is 0.867. The van der Waals surface area contributed by atoms with E-state index in [9.17, 15) is 13.2 Å². The average molecular weight is 360 g/mol. The van der Waals surface area contributed by atoms with E-state index in [0.29, 0.717) is 36.1 Å². The number of carbonyl (C=O) groups excluding carboxylic acids is 1. The van der Waals surface area contributed by atoms with Gasteiger partial charge in [-0.25, -0.2) is 0 Å². The van der Waals surface area contributed by atoms with E-state index in [-0.39, 0.29) is 5.91 Å². The zero-order valence-corrected chi connectivity index (χ0v) is 14.9. The minimum absolute atomic E-state index is 0.134. The molecule has 0 unspecified atom stereocenters. The van der Waals surface area contributed by atoms with E-state index in [0.717, 1.165) is 12.8 Å². The standard InChI is InChI=1S/C15H22ClN3O3S/c1-18(2)23(21,22)19-9-7-12(8-10-19)11-17-15(20)13-3-5-14(16)6-4-13/h3-6,12H,7-11H2,1-2H3,(H,17,20). The Labute approximate surface area is 142 Å². The smallest absolute Gasteiger partial charge is 0.281 e. The van der Waals surface area contributed by atoms with Crippen LogP contribution in [0, 0.1) is 5.92 Å². The van der Waals surface area contributed by atoms with Gasteiger partial charge in [-0.05, 0) is 43.0 Å². The first-order valence-corrected chi connectivity index (χ1v) is 9.29. The van der Waals surface area contributed by atoms with Crippen molar-refractivity contribution < 1.29 is 13.2 Å². The maximum Gasteiger partial charge on any atom is 0.281 e. The third-order valence-electron chi connectivity index (χ3n) is 4.02. The first-order chi connectivity index (χ1) is 10.8. The lowest BCUT2D eigenvalue weighted by Gasteiger charge is -2.32. The lowest BCUT2D eigenvalue weighted by Crippen LogP contribution is -2.45. The molecule has 1 aliphatic heterocycles. The van der Waals surface area contributed by atoms with Crippen LogP contribution >= 0.6 is 11.6 Å². The normalized spacial score (nSPS) is 17.4. The Morgan fingerprint density at radius 2 is 1.83 bits per heavy atom. The zero-order valence-electron chi connectivity index (χ0n) is 13.3. The highest BCUT2D eigenvalue weighted by Crippen LogP contribution is 2.20. The number of rotatable bonds is 5. The molecule has 23 heavy (non-hydrogen) atoms. The molecular weight excluding hydrogens is 338 g/mol. The molecule has 0 atom stereocenters. The van der Waals surface area contributed by atoms with Gasteiger partial charge in [0.1, 0.15) is 0 Å². The molecule has 0 radical (unpaired) electrons. The molecule has 1 aliphatic rings. The largest absolute Gasteiger partial charge is 0.352 e. The van der Waals surface area contributed by atoms with Crippen molar-refractivity contribution >= 4 is 27.7 Å². The van der Waals surface area contributed by atoms with Gasteiger partial charge in [0.2, 0.25) is 0 Å². The Morgan fingerprint density at radius 1 is 1.26 bits per heavy atom.